The average Bonchev–Trinajstić information content (AvgIpc) is 3.16. The number of hydrogen-bond donors (Lipinski definition) is 2. The minimum Gasteiger partial charge on any atom is -0.324 e. The second kappa shape index (κ2) is 7.31. The molecule has 2 amide bonds. The van der Waals surface area contributed by atoms with Crippen LogP contribution in [0.3, 0.4) is 0 Å². The molecule has 4 rings (SSSR count). The fourth-order valence-corrected chi connectivity index (χ4v) is 3.75. The molecule has 0 bridgehead atoms. The highest BCUT2D eigenvalue weighted by Gasteiger charge is 2.38. The summed E-state index contributed by atoms with van der Waals surface area (Å²) in [5.74, 6) is 0.494. The van der Waals surface area contributed by atoms with Crippen molar-refractivity contribution in [2.24, 2.45) is 0 Å². The minimum absolute atomic E-state index is 0.235. The number of para-hydroxylation sites is 1. The van der Waals surface area contributed by atoms with Crippen molar-refractivity contribution in [3.8, 4) is 6.07 Å². The van der Waals surface area contributed by atoms with E-state index in [1.807, 2.05) is 30.3 Å². The highest BCUT2D eigenvalue weighted by molar-refractivity contribution is 5.98. The summed E-state index contributed by atoms with van der Waals surface area (Å²) in [4.78, 5) is 14.4. The van der Waals surface area contributed by atoms with Crippen molar-refractivity contribution in [3.63, 3.8) is 0 Å². The minimum atomic E-state index is -0.693. The van der Waals surface area contributed by atoms with Crippen molar-refractivity contribution in [1.29, 1.82) is 5.26 Å². The van der Waals surface area contributed by atoms with Crippen LogP contribution in [0.2, 0.25) is 0 Å². The topological polar surface area (TPSA) is 84.8 Å². The molecule has 0 saturated carbocycles. The van der Waals surface area contributed by atoms with Crippen molar-refractivity contribution >= 4 is 22.8 Å². The molecule has 0 radical (unpaired) electrons. The number of nitrogens with zero attached hydrogens (tertiary/aromatic N) is 3. The van der Waals surface area contributed by atoms with E-state index in [1.165, 1.54) is 0 Å². The first-order valence-electron chi connectivity index (χ1n) is 9.21. The number of aromatic nitrogens is 2. The Bertz CT molecular complexity index is 1050. The summed E-state index contributed by atoms with van der Waals surface area (Å²) in [6.07, 6.45) is 1.02. The molecule has 6 nitrogen and oxygen atoms in total. The Kier molecular flexibility index (Phi) is 4.70. The Balaban J connectivity index is 1.47. The van der Waals surface area contributed by atoms with E-state index >= 15 is 0 Å². The molecule has 0 atom stereocenters. The number of alkyl halides is 1. The molecule has 2 N–H and O–H groups in total. The predicted molar refractivity (Wildman–Crippen MR) is 104 cm³/mol. The number of H-pyrrole nitrogens is 1. The molecule has 7 heteroatoms. The predicted octanol–water partition coefficient (Wildman–Crippen LogP) is 4.12. The molecule has 0 unspecified atom stereocenters. The second-order valence-electron chi connectivity index (χ2n) is 7.06. The molecular formula is C21H20FN5O. The van der Waals surface area contributed by atoms with Crippen LogP contribution in [-0.2, 0) is 12.1 Å². The van der Waals surface area contributed by atoms with Crippen molar-refractivity contribution < 1.29 is 9.18 Å². The van der Waals surface area contributed by atoms with Crippen molar-refractivity contribution in [2.75, 3.05) is 18.4 Å². The average molecular weight is 377 g/mol. The summed E-state index contributed by atoms with van der Waals surface area (Å²) in [5.41, 5.74) is 1.55. The number of piperidine rings is 1. The maximum atomic E-state index is 13.0. The van der Waals surface area contributed by atoms with Crippen LogP contribution in [0.15, 0.2) is 48.5 Å². The van der Waals surface area contributed by atoms with Gasteiger partial charge < -0.3 is 4.90 Å². The van der Waals surface area contributed by atoms with Crippen LogP contribution in [0.1, 0.15) is 24.0 Å². The van der Waals surface area contributed by atoms with E-state index in [2.05, 4.69) is 21.6 Å². The van der Waals surface area contributed by atoms with Crippen molar-refractivity contribution in [3.05, 3.63) is 59.7 Å². The number of likely N-dealkylation sites (tertiary alicyclic amines) is 1. The number of anilines is 1. The highest BCUT2D eigenvalue weighted by Crippen LogP contribution is 2.35. The van der Waals surface area contributed by atoms with Gasteiger partial charge in [-0.2, -0.15) is 10.4 Å². The van der Waals surface area contributed by atoms with Crippen LogP contribution in [0.4, 0.5) is 15.0 Å². The molecule has 1 saturated heterocycles. The summed E-state index contributed by atoms with van der Waals surface area (Å²) < 4.78 is 13.0. The van der Waals surface area contributed by atoms with E-state index in [0.29, 0.717) is 37.3 Å². The molecule has 3 aromatic rings. The van der Waals surface area contributed by atoms with Crippen LogP contribution in [0.5, 0.6) is 0 Å². The van der Waals surface area contributed by atoms with E-state index in [0.717, 1.165) is 16.5 Å². The molecule has 1 fully saturated rings. The van der Waals surface area contributed by atoms with Gasteiger partial charge in [0, 0.05) is 18.5 Å². The SMILES string of the molecule is N#CC1(c2cccc(CF)c2)CCN(C(=O)Nc2n[nH]c3ccccc23)CC1. The molecule has 2 heterocycles. The number of urea groups is 1. The maximum Gasteiger partial charge on any atom is 0.323 e. The van der Waals surface area contributed by atoms with E-state index in [4.69, 9.17) is 0 Å². The van der Waals surface area contributed by atoms with Crippen LogP contribution < -0.4 is 5.32 Å². The van der Waals surface area contributed by atoms with Crippen molar-refractivity contribution in [2.45, 2.75) is 24.9 Å². The van der Waals surface area contributed by atoms with E-state index in [1.54, 1.807) is 23.1 Å². The third-order valence-electron chi connectivity index (χ3n) is 5.45. The first kappa shape index (κ1) is 18.0. The van der Waals surface area contributed by atoms with Gasteiger partial charge in [-0.05, 0) is 36.1 Å². The lowest BCUT2D eigenvalue weighted by molar-refractivity contribution is 0.183. The van der Waals surface area contributed by atoms with Gasteiger partial charge >= 0.3 is 6.03 Å². The Morgan fingerprint density at radius 2 is 2.04 bits per heavy atom. The molecule has 28 heavy (non-hydrogen) atoms. The summed E-state index contributed by atoms with van der Waals surface area (Å²) in [5, 5.41) is 20.6. The fourth-order valence-electron chi connectivity index (χ4n) is 3.75. The van der Waals surface area contributed by atoms with Crippen LogP contribution in [0.25, 0.3) is 10.9 Å². The molecule has 142 valence electrons. The number of benzene rings is 2. The molecule has 1 aromatic heterocycles. The summed E-state index contributed by atoms with van der Waals surface area (Å²) in [7, 11) is 0. The van der Waals surface area contributed by atoms with Crippen LogP contribution in [0, 0.1) is 11.3 Å². The number of hydrogen-bond acceptors (Lipinski definition) is 3. The summed E-state index contributed by atoms with van der Waals surface area (Å²) in [6, 6.07) is 16.9. The van der Waals surface area contributed by atoms with Crippen LogP contribution in [-0.4, -0.2) is 34.2 Å². The summed E-state index contributed by atoms with van der Waals surface area (Å²) in [6.45, 7) is 0.338. The third-order valence-corrected chi connectivity index (χ3v) is 5.45. The van der Waals surface area contributed by atoms with E-state index in [-0.39, 0.29) is 6.03 Å². The lowest BCUT2D eigenvalue weighted by atomic mass is 9.74. The zero-order valence-corrected chi connectivity index (χ0v) is 15.3. The first-order chi connectivity index (χ1) is 13.6. The molecule has 1 aliphatic heterocycles. The van der Waals surface area contributed by atoms with Gasteiger partial charge in [0.2, 0.25) is 0 Å². The number of rotatable bonds is 3. The Labute approximate surface area is 162 Å². The van der Waals surface area contributed by atoms with E-state index < -0.39 is 12.1 Å². The van der Waals surface area contributed by atoms with Gasteiger partial charge in [-0.15, -0.1) is 0 Å². The molecule has 0 aliphatic carbocycles. The zero-order valence-electron chi connectivity index (χ0n) is 15.3. The number of fused-ring (bicyclic) bond motifs is 1. The van der Waals surface area contributed by atoms with Gasteiger partial charge in [0.05, 0.1) is 17.0 Å². The lowest BCUT2D eigenvalue weighted by Crippen LogP contribution is -2.46. The number of carbonyl (C=O) groups is 1. The fraction of sp³-hybridized carbons (Fsp3) is 0.286. The quantitative estimate of drug-likeness (QED) is 0.720. The van der Waals surface area contributed by atoms with Gasteiger partial charge in [-0.3, -0.25) is 10.4 Å². The molecule has 2 aromatic carbocycles. The first-order valence-corrected chi connectivity index (χ1v) is 9.21. The number of nitrogens with one attached hydrogen (secondary N) is 2. The zero-order chi connectivity index (χ0) is 19.6. The molecular weight excluding hydrogens is 357 g/mol. The van der Waals surface area contributed by atoms with Crippen LogP contribution >= 0.6 is 0 Å². The van der Waals surface area contributed by atoms with Gasteiger partial charge in [-0.1, -0.05) is 36.4 Å². The number of halogens is 1. The monoisotopic (exact) mass is 377 g/mol. The van der Waals surface area contributed by atoms with Crippen molar-refractivity contribution in [1.82, 2.24) is 15.1 Å². The highest BCUT2D eigenvalue weighted by atomic mass is 19.1. The Morgan fingerprint density at radius 1 is 1.25 bits per heavy atom. The van der Waals surface area contributed by atoms with E-state index in [9.17, 15) is 14.4 Å². The maximum absolute atomic E-state index is 13.0. The van der Waals surface area contributed by atoms with Gasteiger partial charge in [0.25, 0.3) is 0 Å². The summed E-state index contributed by atoms with van der Waals surface area (Å²) >= 11 is 0. The second-order valence-corrected chi connectivity index (χ2v) is 7.06. The smallest absolute Gasteiger partial charge is 0.323 e. The Hall–Kier alpha value is -3.40. The Morgan fingerprint density at radius 3 is 2.79 bits per heavy atom. The van der Waals surface area contributed by atoms with Gasteiger partial charge in [0.1, 0.15) is 6.67 Å². The number of amides is 2. The normalized spacial score (nSPS) is 15.9. The number of aromatic amines is 1. The number of nitriles is 1. The molecule has 1 aliphatic rings. The lowest BCUT2D eigenvalue weighted by Gasteiger charge is -2.37. The van der Waals surface area contributed by atoms with Gasteiger partial charge in [0.15, 0.2) is 5.82 Å². The number of carbonyl (C=O) groups excluding carboxylic acids is 1. The largest absolute Gasteiger partial charge is 0.324 e. The molecule has 0 spiro atoms. The third kappa shape index (κ3) is 3.18. The van der Waals surface area contributed by atoms with Gasteiger partial charge in [-0.25, -0.2) is 9.18 Å². The standard InChI is InChI=1S/C21H20FN5O/c22-13-15-4-3-5-16(12-15)21(14-23)8-10-27(11-9-21)20(28)24-19-17-6-1-2-7-18(17)25-26-19/h1-7,12H,8-11,13H2,(H2,24,25,26,28).